The molecule has 2 atom stereocenters. The standard InChI is InChI=1S/C25H33Cl2N3O3/c1-24(2,30-7-5-29(6-8-30)20-4-3-18(26)11-19(20)27)22(31)28-21-16-9-15-10-17(21)14-25(12-15,13-16)23(32)33/h3-4,11,15-17,21H,5-10,12-14H2,1-2H3,(H,28,31)(H,32,33). The normalized spacial score (nSPS) is 33.9. The van der Waals surface area contributed by atoms with Crippen LogP contribution in [0.15, 0.2) is 18.2 Å². The van der Waals surface area contributed by atoms with Crippen LogP contribution in [-0.4, -0.2) is 59.6 Å². The van der Waals surface area contributed by atoms with Crippen molar-refractivity contribution in [1.82, 2.24) is 10.2 Å². The minimum Gasteiger partial charge on any atom is -0.481 e. The number of carboxylic acids is 1. The molecule has 1 amide bonds. The Hall–Kier alpha value is -1.50. The summed E-state index contributed by atoms with van der Waals surface area (Å²) >= 11 is 12.4. The van der Waals surface area contributed by atoms with E-state index >= 15 is 0 Å². The second-order valence-corrected chi connectivity index (χ2v) is 12.0. The highest BCUT2D eigenvalue weighted by molar-refractivity contribution is 6.36. The average molecular weight is 494 g/mol. The van der Waals surface area contributed by atoms with E-state index in [0.29, 0.717) is 28.8 Å². The SMILES string of the molecule is CC(C)(C(=O)NC1C2CC3CC1CC(C(=O)O)(C3)C2)N1CCN(c2ccc(Cl)cc2Cl)CC1. The number of aliphatic carboxylic acids is 1. The molecule has 2 N–H and O–H groups in total. The summed E-state index contributed by atoms with van der Waals surface area (Å²) in [6, 6.07) is 5.68. The quantitative estimate of drug-likeness (QED) is 0.639. The van der Waals surface area contributed by atoms with Crippen molar-refractivity contribution in [2.45, 2.75) is 57.5 Å². The van der Waals surface area contributed by atoms with Crippen molar-refractivity contribution in [3.05, 3.63) is 28.2 Å². The molecule has 5 aliphatic rings. The van der Waals surface area contributed by atoms with Crippen LogP contribution < -0.4 is 10.2 Å². The van der Waals surface area contributed by atoms with E-state index in [1.54, 1.807) is 6.07 Å². The summed E-state index contributed by atoms with van der Waals surface area (Å²) in [6.45, 7) is 7.11. The summed E-state index contributed by atoms with van der Waals surface area (Å²) in [5.41, 5.74) is -0.203. The van der Waals surface area contributed by atoms with Crippen LogP contribution in [0.3, 0.4) is 0 Å². The van der Waals surface area contributed by atoms with Gasteiger partial charge >= 0.3 is 5.97 Å². The predicted octanol–water partition coefficient (Wildman–Crippen LogP) is 4.29. The number of rotatable bonds is 5. The third-order valence-electron chi connectivity index (χ3n) is 8.90. The van der Waals surface area contributed by atoms with Crippen LogP contribution in [0.25, 0.3) is 0 Å². The Labute approximate surface area is 205 Å². The number of amides is 1. The fraction of sp³-hybridized carbons (Fsp3) is 0.680. The van der Waals surface area contributed by atoms with Crippen molar-refractivity contribution in [3.8, 4) is 0 Å². The van der Waals surface area contributed by atoms with Crippen LogP contribution in [0.1, 0.15) is 46.0 Å². The number of carboxylic acid groups (broad SMARTS) is 1. The first-order chi connectivity index (χ1) is 15.6. The second kappa shape index (κ2) is 8.31. The molecule has 1 aliphatic heterocycles. The fourth-order valence-corrected chi connectivity index (χ4v) is 7.77. The van der Waals surface area contributed by atoms with E-state index in [9.17, 15) is 14.7 Å². The van der Waals surface area contributed by atoms with Gasteiger partial charge in [0.25, 0.3) is 0 Å². The highest BCUT2D eigenvalue weighted by Crippen LogP contribution is 2.60. The lowest BCUT2D eigenvalue weighted by Crippen LogP contribution is -2.66. The third kappa shape index (κ3) is 4.02. The number of anilines is 1. The predicted molar refractivity (Wildman–Crippen MR) is 130 cm³/mol. The van der Waals surface area contributed by atoms with Crippen LogP contribution in [0, 0.1) is 23.2 Å². The van der Waals surface area contributed by atoms with E-state index in [2.05, 4.69) is 15.1 Å². The Morgan fingerprint density at radius 3 is 2.27 bits per heavy atom. The summed E-state index contributed by atoms with van der Waals surface area (Å²) in [5, 5.41) is 14.5. The Balaban J connectivity index is 1.22. The largest absolute Gasteiger partial charge is 0.481 e. The minimum atomic E-state index is -0.634. The van der Waals surface area contributed by atoms with E-state index in [1.165, 1.54) is 0 Å². The van der Waals surface area contributed by atoms with Gasteiger partial charge in [0.15, 0.2) is 0 Å². The van der Waals surface area contributed by atoms with Gasteiger partial charge in [-0.25, -0.2) is 0 Å². The first kappa shape index (κ1) is 23.3. The topological polar surface area (TPSA) is 72.9 Å². The van der Waals surface area contributed by atoms with Crippen LogP contribution in [0.4, 0.5) is 5.69 Å². The molecule has 1 aromatic carbocycles. The van der Waals surface area contributed by atoms with Gasteiger partial charge in [0, 0.05) is 37.2 Å². The zero-order chi connectivity index (χ0) is 23.5. The van der Waals surface area contributed by atoms with Gasteiger partial charge in [0.2, 0.25) is 5.91 Å². The lowest BCUT2D eigenvalue weighted by molar-refractivity contribution is -0.168. The molecule has 5 fully saturated rings. The highest BCUT2D eigenvalue weighted by Gasteiger charge is 2.59. The monoisotopic (exact) mass is 493 g/mol. The van der Waals surface area contributed by atoms with Gasteiger partial charge in [-0.05, 0) is 81.9 Å². The molecule has 4 saturated carbocycles. The molecule has 180 valence electrons. The van der Waals surface area contributed by atoms with E-state index in [0.717, 1.165) is 51.1 Å². The maximum Gasteiger partial charge on any atom is 0.309 e. The Kier molecular flexibility index (Phi) is 5.86. The van der Waals surface area contributed by atoms with Crippen molar-refractivity contribution in [3.63, 3.8) is 0 Å². The van der Waals surface area contributed by atoms with E-state index in [-0.39, 0.29) is 23.8 Å². The molecule has 2 unspecified atom stereocenters. The van der Waals surface area contributed by atoms with E-state index in [1.807, 2.05) is 26.0 Å². The summed E-state index contributed by atoms with van der Waals surface area (Å²) in [7, 11) is 0. The van der Waals surface area contributed by atoms with Gasteiger partial charge in [-0.2, -0.15) is 0 Å². The lowest BCUT2D eigenvalue weighted by atomic mass is 9.48. The number of hydrogen-bond donors (Lipinski definition) is 2. The molecule has 0 spiro atoms. The van der Waals surface area contributed by atoms with Gasteiger partial charge in [0.1, 0.15) is 0 Å². The zero-order valence-corrected chi connectivity index (χ0v) is 20.8. The molecular weight excluding hydrogens is 461 g/mol. The molecule has 33 heavy (non-hydrogen) atoms. The highest BCUT2D eigenvalue weighted by atomic mass is 35.5. The minimum absolute atomic E-state index is 0.0577. The molecule has 1 aromatic rings. The van der Waals surface area contributed by atoms with Crippen LogP contribution in [0.2, 0.25) is 10.0 Å². The van der Waals surface area contributed by atoms with Crippen LogP contribution in [-0.2, 0) is 9.59 Å². The van der Waals surface area contributed by atoms with Gasteiger partial charge in [-0.15, -0.1) is 0 Å². The Morgan fingerprint density at radius 2 is 1.70 bits per heavy atom. The summed E-state index contributed by atoms with van der Waals surface area (Å²) in [6.07, 6.45) is 4.35. The summed E-state index contributed by atoms with van der Waals surface area (Å²) in [5.74, 6) is 0.507. The summed E-state index contributed by atoms with van der Waals surface area (Å²) in [4.78, 5) is 30.0. The fourth-order valence-electron chi connectivity index (χ4n) is 7.24. The van der Waals surface area contributed by atoms with Gasteiger partial charge in [-0.3, -0.25) is 14.5 Å². The smallest absolute Gasteiger partial charge is 0.309 e. The molecule has 4 aliphatic carbocycles. The Bertz CT molecular complexity index is 944. The maximum absolute atomic E-state index is 13.5. The van der Waals surface area contributed by atoms with Crippen molar-refractivity contribution in [2.24, 2.45) is 23.2 Å². The Morgan fingerprint density at radius 1 is 1.06 bits per heavy atom. The molecule has 0 radical (unpaired) electrons. The van der Waals surface area contributed by atoms with E-state index in [4.69, 9.17) is 23.2 Å². The van der Waals surface area contributed by atoms with Crippen molar-refractivity contribution >= 4 is 40.8 Å². The van der Waals surface area contributed by atoms with Crippen LogP contribution >= 0.6 is 23.2 Å². The second-order valence-electron chi connectivity index (χ2n) is 11.2. The van der Waals surface area contributed by atoms with Gasteiger partial charge in [0.05, 0.1) is 21.7 Å². The molecular formula is C25H33Cl2N3O3. The number of nitrogens with zero attached hydrogens (tertiary/aromatic N) is 2. The van der Waals surface area contributed by atoms with Gasteiger partial charge < -0.3 is 15.3 Å². The lowest BCUT2D eigenvalue weighted by Gasteiger charge is -2.58. The first-order valence-electron chi connectivity index (χ1n) is 12.1. The molecule has 6 rings (SSSR count). The zero-order valence-electron chi connectivity index (χ0n) is 19.3. The number of carbonyl (C=O) groups excluding carboxylic acids is 1. The molecule has 4 bridgehead atoms. The number of piperazine rings is 1. The first-order valence-corrected chi connectivity index (χ1v) is 12.8. The molecule has 0 aromatic heterocycles. The van der Waals surface area contributed by atoms with Crippen molar-refractivity contribution < 1.29 is 14.7 Å². The maximum atomic E-state index is 13.5. The number of benzene rings is 1. The van der Waals surface area contributed by atoms with Crippen molar-refractivity contribution in [2.75, 3.05) is 31.1 Å². The third-order valence-corrected chi connectivity index (χ3v) is 9.44. The van der Waals surface area contributed by atoms with E-state index < -0.39 is 16.9 Å². The molecule has 1 heterocycles. The molecule has 1 saturated heterocycles. The van der Waals surface area contributed by atoms with Crippen molar-refractivity contribution in [1.29, 1.82) is 0 Å². The number of halogens is 2. The number of nitrogens with one attached hydrogen (secondary N) is 1. The number of carbonyl (C=O) groups is 2. The average Bonchev–Trinajstić information content (AvgIpc) is 2.75. The van der Waals surface area contributed by atoms with Crippen LogP contribution in [0.5, 0.6) is 0 Å². The summed E-state index contributed by atoms with van der Waals surface area (Å²) < 4.78 is 0. The number of hydrogen-bond acceptors (Lipinski definition) is 4. The van der Waals surface area contributed by atoms with Gasteiger partial charge in [-0.1, -0.05) is 23.2 Å². The molecule has 8 heteroatoms. The molecule has 6 nitrogen and oxygen atoms in total.